The molecule has 1 rings (SSSR count). The fourth-order valence-electron chi connectivity index (χ4n) is 1.47. The Morgan fingerprint density at radius 1 is 1.62 bits per heavy atom. The number of aromatic hydroxyl groups is 1. The zero-order valence-corrected chi connectivity index (χ0v) is 9.70. The third-order valence-electron chi connectivity index (χ3n) is 2.08. The van der Waals surface area contributed by atoms with Crippen LogP contribution >= 0.6 is 0 Å². The lowest BCUT2D eigenvalue weighted by atomic mass is 10.1. The first-order chi connectivity index (χ1) is 7.60. The average molecular weight is 224 g/mol. The van der Waals surface area contributed by atoms with Gasteiger partial charge in [-0.05, 0) is 13.3 Å². The molecule has 0 amide bonds. The van der Waals surface area contributed by atoms with Crippen molar-refractivity contribution in [3.8, 4) is 5.75 Å². The summed E-state index contributed by atoms with van der Waals surface area (Å²) in [5.41, 5.74) is 2.71. The molecule has 0 fully saturated rings. The van der Waals surface area contributed by atoms with Crippen LogP contribution in [0.25, 0.3) is 0 Å². The highest BCUT2D eigenvalue weighted by molar-refractivity contribution is 6.02. The second kappa shape index (κ2) is 5.34. The van der Waals surface area contributed by atoms with Crippen molar-refractivity contribution in [2.75, 3.05) is 7.05 Å². The van der Waals surface area contributed by atoms with E-state index in [0.29, 0.717) is 17.9 Å². The quantitative estimate of drug-likeness (QED) is 0.598. The zero-order valence-electron chi connectivity index (χ0n) is 9.70. The summed E-state index contributed by atoms with van der Waals surface area (Å²) in [6.45, 7) is 3.58. The van der Waals surface area contributed by atoms with Gasteiger partial charge in [-0.3, -0.25) is 0 Å². The minimum Gasteiger partial charge on any atom is -0.507 e. The molecular weight excluding hydrogens is 208 g/mol. The van der Waals surface area contributed by atoms with Gasteiger partial charge in [-0.1, -0.05) is 13.3 Å². The molecule has 5 nitrogen and oxygen atoms in total. The molecular formula is C11H16N2O3. The summed E-state index contributed by atoms with van der Waals surface area (Å²) in [5, 5.41) is 13.7. The van der Waals surface area contributed by atoms with E-state index in [9.17, 15) is 9.90 Å². The Balaban J connectivity index is 3.30. The second-order valence-electron chi connectivity index (χ2n) is 3.44. The van der Waals surface area contributed by atoms with E-state index >= 15 is 0 Å². The van der Waals surface area contributed by atoms with E-state index in [1.54, 1.807) is 14.0 Å². The number of hydrogen-bond acceptors (Lipinski definition) is 5. The third-order valence-corrected chi connectivity index (χ3v) is 2.08. The Morgan fingerprint density at radius 3 is 2.81 bits per heavy atom. The summed E-state index contributed by atoms with van der Waals surface area (Å²) in [4.78, 5) is 11.6. The van der Waals surface area contributed by atoms with Gasteiger partial charge in [0.1, 0.15) is 17.1 Å². The van der Waals surface area contributed by atoms with Crippen LogP contribution in [0.4, 0.5) is 0 Å². The summed E-state index contributed by atoms with van der Waals surface area (Å²) in [6, 6.07) is 1.41. The maximum absolute atomic E-state index is 11.6. The molecule has 0 spiro atoms. The van der Waals surface area contributed by atoms with Gasteiger partial charge in [-0.2, -0.15) is 5.10 Å². The van der Waals surface area contributed by atoms with Gasteiger partial charge in [-0.25, -0.2) is 4.79 Å². The molecule has 0 radical (unpaired) electrons. The standard InChI is InChI=1S/C11H16N2O3/c1-4-5-8(13-12-3)10-9(14)6-7(2)16-11(10)15/h6,12,14H,4-5H2,1-3H3/b13-8+. The average Bonchev–Trinajstić information content (AvgIpc) is 2.16. The molecule has 1 aromatic heterocycles. The van der Waals surface area contributed by atoms with E-state index in [1.807, 2.05) is 6.92 Å². The molecule has 0 aliphatic rings. The SMILES string of the molecule is CCC/C(=N\NC)c1c(O)cc(C)oc1=O. The highest BCUT2D eigenvalue weighted by Gasteiger charge is 2.15. The molecule has 0 bridgehead atoms. The molecule has 1 heterocycles. The summed E-state index contributed by atoms with van der Waals surface area (Å²) in [7, 11) is 1.64. The lowest BCUT2D eigenvalue weighted by Crippen LogP contribution is -2.17. The van der Waals surface area contributed by atoms with Crippen LogP contribution in [0, 0.1) is 6.92 Å². The van der Waals surface area contributed by atoms with Gasteiger partial charge < -0.3 is 14.9 Å². The highest BCUT2D eigenvalue weighted by Crippen LogP contribution is 2.17. The Bertz CT molecular complexity index is 449. The van der Waals surface area contributed by atoms with Crippen molar-refractivity contribution in [3.05, 3.63) is 27.8 Å². The van der Waals surface area contributed by atoms with Crippen LogP contribution in [0.2, 0.25) is 0 Å². The van der Waals surface area contributed by atoms with Gasteiger partial charge in [0.15, 0.2) is 0 Å². The molecule has 16 heavy (non-hydrogen) atoms. The third kappa shape index (κ3) is 2.62. The van der Waals surface area contributed by atoms with Crippen LogP contribution in [-0.4, -0.2) is 17.9 Å². The molecule has 0 saturated carbocycles. The summed E-state index contributed by atoms with van der Waals surface area (Å²) in [6.07, 6.45) is 1.43. The molecule has 1 aromatic rings. The van der Waals surface area contributed by atoms with E-state index < -0.39 is 5.63 Å². The van der Waals surface area contributed by atoms with Crippen LogP contribution in [-0.2, 0) is 0 Å². The van der Waals surface area contributed by atoms with Crippen LogP contribution in [0.15, 0.2) is 20.4 Å². The van der Waals surface area contributed by atoms with Crippen molar-refractivity contribution >= 4 is 5.71 Å². The molecule has 0 saturated heterocycles. The van der Waals surface area contributed by atoms with Crippen molar-refractivity contribution in [1.82, 2.24) is 5.43 Å². The van der Waals surface area contributed by atoms with Gasteiger partial charge >= 0.3 is 5.63 Å². The van der Waals surface area contributed by atoms with Gasteiger partial charge in [-0.15, -0.1) is 0 Å². The molecule has 5 heteroatoms. The van der Waals surface area contributed by atoms with Gasteiger partial charge in [0, 0.05) is 13.1 Å². The maximum atomic E-state index is 11.6. The first-order valence-corrected chi connectivity index (χ1v) is 5.17. The van der Waals surface area contributed by atoms with Crippen molar-refractivity contribution in [3.63, 3.8) is 0 Å². The highest BCUT2D eigenvalue weighted by atomic mass is 16.4. The van der Waals surface area contributed by atoms with Crippen LogP contribution in [0.3, 0.4) is 0 Å². The Kier molecular flexibility index (Phi) is 4.10. The number of hydrazone groups is 1. The summed E-state index contributed by atoms with van der Waals surface area (Å²) in [5.74, 6) is 0.294. The van der Waals surface area contributed by atoms with Crippen molar-refractivity contribution in [1.29, 1.82) is 0 Å². The number of hydrogen-bond donors (Lipinski definition) is 2. The van der Waals surface area contributed by atoms with E-state index in [2.05, 4.69) is 10.5 Å². The zero-order chi connectivity index (χ0) is 12.1. The van der Waals surface area contributed by atoms with E-state index in [1.165, 1.54) is 6.07 Å². The summed E-state index contributed by atoms with van der Waals surface area (Å²) < 4.78 is 4.94. The van der Waals surface area contributed by atoms with Crippen LogP contribution in [0.5, 0.6) is 5.75 Å². The fourth-order valence-corrected chi connectivity index (χ4v) is 1.47. The molecule has 0 aliphatic heterocycles. The predicted octanol–water partition coefficient (Wildman–Crippen LogP) is 1.38. The van der Waals surface area contributed by atoms with Crippen LogP contribution < -0.4 is 11.1 Å². The second-order valence-corrected chi connectivity index (χ2v) is 3.44. The normalized spacial score (nSPS) is 11.6. The van der Waals surface area contributed by atoms with Crippen LogP contribution in [0.1, 0.15) is 31.1 Å². The number of rotatable bonds is 4. The maximum Gasteiger partial charge on any atom is 0.348 e. The molecule has 0 aromatic carbocycles. The minimum atomic E-state index is -0.556. The molecule has 88 valence electrons. The Morgan fingerprint density at radius 2 is 2.31 bits per heavy atom. The number of nitrogens with one attached hydrogen (secondary N) is 1. The topological polar surface area (TPSA) is 74.8 Å². The molecule has 0 atom stereocenters. The Hall–Kier alpha value is -1.78. The van der Waals surface area contributed by atoms with E-state index in [0.717, 1.165) is 6.42 Å². The number of aryl methyl sites for hydroxylation is 1. The lowest BCUT2D eigenvalue weighted by Gasteiger charge is -2.06. The van der Waals surface area contributed by atoms with Gasteiger partial charge in [0.2, 0.25) is 0 Å². The van der Waals surface area contributed by atoms with E-state index in [4.69, 9.17) is 4.42 Å². The lowest BCUT2D eigenvalue weighted by molar-refractivity contribution is 0.432. The number of nitrogens with zero attached hydrogens (tertiary/aromatic N) is 1. The van der Waals surface area contributed by atoms with Crippen molar-refractivity contribution in [2.45, 2.75) is 26.7 Å². The molecule has 0 aliphatic carbocycles. The summed E-state index contributed by atoms with van der Waals surface area (Å²) >= 11 is 0. The Labute approximate surface area is 93.8 Å². The first kappa shape index (κ1) is 12.3. The van der Waals surface area contributed by atoms with Gasteiger partial charge in [0.05, 0.1) is 5.71 Å². The molecule has 0 unspecified atom stereocenters. The largest absolute Gasteiger partial charge is 0.507 e. The smallest absolute Gasteiger partial charge is 0.348 e. The van der Waals surface area contributed by atoms with E-state index in [-0.39, 0.29) is 11.3 Å². The van der Waals surface area contributed by atoms with Gasteiger partial charge in [0.25, 0.3) is 0 Å². The van der Waals surface area contributed by atoms with Crippen molar-refractivity contribution in [2.24, 2.45) is 5.10 Å². The van der Waals surface area contributed by atoms with Crippen molar-refractivity contribution < 1.29 is 9.52 Å². The fraction of sp³-hybridized carbons (Fsp3) is 0.455. The first-order valence-electron chi connectivity index (χ1n) is 5.17. The predicted molar refractivity (Wildman–Crippen MR) is 61.9 cm³/mol. The molecule has 2 N–H and O–H groups in total. The monoisotopic (exact) mass is 224 g/mol. The minimum absolute atomic E-state index is 0.0869.